The van der Waals surface area contributed by atoms with Crippen LogP contribution < -0.4 is 15.5 Å². The number of carbonyl (C=O) groups is 1. The normalized spacial score (nSPS) is 16.6. The fourth-order valence-corrected chi connectivity index (χ4v) is 3.38. The summed E-state index contributed by atoms with van der Waals surface area (Å²) in [6.45, 7) is 3.03. The van der Waals surface area contributed by atoms with E-state index in [-0.39, 0.29) is 11.9 Å². The molecule has 1 aliphatic heterocycles. The summed E-state index contributed by atoms with van der Waals surface area (Å²) in [5.41, 5.74) is 2.90. The minimum Gasteiger partial charge on any atom is -0.353 e. The Kier molecular flexibility index (Phi) is 5.58. The Labute approximate surface area is 164 Å². The first-order chi connectivity index (χ1) is 13.8. The molecule has 0 bridgehead atoms. The lowest BCUT2D eigenvalue weighted by Crippen LogP contribution is -2.46. The molecule has 1 aliphatic rings. The maximum atomic E-state index is 12.6. The third-order valence-corrected chi connectivity index (χ3v) is 4.91. The number of rotatable bonds is 5. The van der Waals surface area contributed by atoms with Gasteiger partial charge in [-0.2, -0.15) is 0 Å². The average Bonchev–Trinajstić information content (AvgIpc) is 2.79. The first kappa shape index (κ1) is 18.1. The van der Waals surface area contributed by atoms with Crippen LogP contribution in [0.1, 0.15) is 27.5 Å². The van der Waals surface area contributed by atoms with Crippen LogP contribution in [0.5, 0.6) is 0 Å². The van der Waals surface area contributed by atoms with E-state index in [1.54, 1.807) is 24.7 Å². The molecule has 142 valence electrons. The Hall–Kier alpha value is -3.25. The lowest BCUT2D eigenvalue weighted by molar-refractivity contribution is 0.0951. The molecule has 0 radical (unpaired) electrons. The van der Waals surface area contributed by atoms with Crippen LogP contribution in [0.4, 0.5) is 5.82 Å². The molecule has 0 saturated carbocycles. The van der Waals surface area contributed by atoms with E-state index < -0.39 is 0 Å². The Morgan fingerprint density at radius 1 is 1.11 bits per heavy atom. The zero-order valence-electron chi connectivity index (χ0n) is 15.6. The van der Waals surface area contributed by atoms with Gasteiger partial charge in [-0.1, -0.05) is 30.3 Å². The highest BCUT2D eigenvalue weighted by molar-refractivity contribution is 5.94. The second-order valence-corrected chi connectivity index (χ2v) is 6.80. The van der Waals surface area contributed by atoms with Crippen molar-refractivity contribution in [3.05, 3.63) is 89.9 Å². The molecule has 1 aromatic carbocycles. The van der Waals surface area contributed by atoms with Crippen molar-refractivity contribution in [2.24, 2.45) is 0 Å². The molecule has 6 nitrogen and oxygen atoms in total. The number of pyridine rings is 2. The average molecular weight is 373 g/mol. The Morgan fingerprint density at radius 3 is 2.75 bits per heavy atom. The van der Waals surface area contributed by atoms with E-state index in [9.17, 15) is 4.79 Å². The molecule has 28 heavy (non-hydrogen) atoms. The highest BCUT2D eigenvalue weighted by Crippen LogP contribution is 2.21. The van der Waals surface area contributed by atoms with Crippen LogP contribution in [0.15, 0.2) is 73.2 Å². The van der Waals surface area contributed by atoms with E-state index >= 15 is 0 Å². The van der Waals surface area contributed by atoms with Crippen LogP contribution in [-0.4, -0.2) is 35.5 Å². The van der Waals surface area contributed by atoms with E-state index in [2.05, 4.69) is 49.8 Å². The zero-order valence-corrected chi connectivity index (χ0v) is 15.6. The molecule has 1 saturated heterocycles. The summed E-state index contributed by atoms with van der Waals surface area (Å²) in [6.07, 6.45) is 5.15. The standard InChI is InChI=1S/C22H23N5O/c28-22(26-15-17-6-9-23-10-7-17)19-8-11-25-21(14-19)27-13-12-24-20(16-27)18-4-2-1-3-5-18/h1-11,14,20,24H,12-13,15-16H2,(H,26,28)/t20-/m0/s1. The number of amides is 1. The van der Waals surface area contributed by atoms with Gasteiger partial charge in [-0.3, -0.25) is 9.78 Å². The SMILES string of the molecule is O=C(NCc1ccncc1)c1ccnc(N2CCN[C@H](c3ccccc3)C2)c1. The van der Waals surface area contributed by atoms with Crippen molar-refractivity contribution >= 4 is 11.7 Å². The molecule has 6 heteroatoms. The Bertz CT molecular complexity index is 916. The number of nitrogens with zero attached hydrogens (tertiary/aromatic N) is 3. The largest absolute Gasteiger partial charge is 0.353 e. The maximum absolute atomic E-state index is 12.6. The maximum Gasteiger partial charge on any atom is 0.251 e. The molecule has 3 heterocycles. The monoisotopic (exact) mass is 373 g/mol. The summed E-state index contributed by atoms with van der Waals surface area (Å²) in [5, 5.41) is 6.51. The van der Waals surface area contributed by atoms with Crippen LogP contribution in [0, 0.1) is 0 Å². The topological polar surface area (TPSA) is 70.2 Å². The fourth-order valence-electron chi connectivity index (χ4n) is 3.38. The summed E-state index contributed by atoms with van der Waals surface area (Å²) in [7, 11) is 0. The molecule has 3 aromatic rings. The minimum atomic E-state index is -0.102. The molecule has 2 aromatic heterocycles. The zero-order chi connectivity index (χ0) is 19.2. The van der Waals surface area contributed by atoms with Crippen molar-refractivity contribution in [3.8, 4) is 0 Å². The predicted octanol–water partition coefficient (Wildman–Crippen LogP) is 2.56. The summed E-state index contributed by atoms with van der Waals surface area (Å²) in [4.78, 5) is 23.3. The summed E-state index contributed by atoms with van der Waals surface area (Å²) < 4.78 is 0. The number of carbonyl (C=O) groups excluding carboxylic acids is 1. The molecule has 1 fully saturated rings. The Balaban J connectivity index is 1.43. The van der Waals surface area contributed by atoms with E-state index in [4.69, 9.17) is 0 Å². The minimum absolute atomic E-state index is 0.102. The molecular formula is C22H23N5O. The van der Waals surface area contributed by atoms with Gasteiger partial charge in [0.2, 0.25) is 0 Å². The molecule has 1 amide bonds. The van der Waals surface area contributed by atoms with Crippen LogP contribution in [0.25, 0.3) is 0 Å². The summed E-state index contributed by atoms with van der Waals surface area (Å²) in [5.74, 6) is 0.731. The van der Waals surface area contributed by atoms with E-state index in [1.165, 1.54) is 5.56 Å². The van der Waals surface area contributed by atoms with Gasteiger partial charge in [0.25, 0.3) is 5.91 Å². The lowest BCUT2D eigenvalue weighted by atomic mass is 10.0. The van der Waals surface area contributed by atoms with Gasteiger partial charge in [0, 0.05) is 56.4 Å². The van der Waals surface area contributed by atoms with Crippen LogP contribution in [0.2, 0.25) is 0 Å². The van der Waals surface area contributed by atoms with Gasteiger partial charge in [0.15, 0.2) is 0 Å². The number of hydrogen-bond acceptors (Lipinski definition) is 5. The van der Waals surface area contributed by atoms with Gasteiger partial charge in [-0.25, -0.2) is 4.98 Å². The highest BCUT2D eigenvalue weighted by atomic mass is 16.1. The number of anilines is 1. The third-order valence-electron chi connectivity index (χ3n) is 4.91. The summed E-state index contributed by atoms with van der Waals surface area (Å²) in [6, 6.07) is 18.1. The molecular weight excluding hydrogens is 350 g/mol. The molecule has 0 unspecified atom stereocenters. The van der Waals surface area contributed by atoms with Gasteiger partial charge in [0.1, 0.15) is 5.82 Å². The predicted molar refractivity (Wildman–Crippen MR) is 109 cm³/mol. The number of piperazine rings is 1. The summed E-state index contributed by atoms with van der Waals surface area (Å²) >= 11 is 0. The highest BCUT2D eigenvalue weighted by Gasteiger charge is 2.22. The van der Waals surface area contributed by atoms with Crippen molar-refractivity contribution < 1.29 is 4.79 Å². The van der Waals surface area contributed by atoms with Crippen LogP contribution in [0.3, 0.4) is 0 Å². The van der Waals surface area contributed by atoms with Gasteiger partial charge in [-0.15, -0.1) is 0 Å². The second kappa shape index (κ2) is 8.63. The smallest absolute Gasteiger partial charge is 0.251 e. The van der Waals surface area contributed by atoms with Crippen LogP contribution in [-0.2, 0) is 6.54 Å². The third kappa shape index (κ3) is 4.35. The van der Waals surface area contributed by atoms with E-state index in [0.717, 1.165) is 31.0 Å². The van der Waals surface area contributed by atoms with Gasteiger partial charge in [0.05, 0.1) is 0 Å². The first-order valence-corrected chi connectivity index (χ1v) is 9.46. The number of benzene rings is 1. The van der Waals surface area contributed by atoms with E-state index in [1.807, 2.05) is 24.3 Å². The number of nitrogens with one attached hydrogen (secondary N) is 2. The quantitative estimate of drug-likeness (QED) is 0.719. The molecule has 0 spiro atoms. The molecule has 2 N–H and O–H groups in total. The van der Waals surface area contributed by atoms with Crippen molar-refractivity contribution in [2.45, 2.75) is 12.6 Å². The lowest BCUT2D eigenvalue weighted by Gasteiger charge is -2.34. The van der Waals surface area contributed by atoms with E-state index in [0.29, 0.717) is 12.1 Å². The first-order valence-electron chi connectivity index (χ1n) is 9.46. The van der Waals surface area contributed by atoms with Crippen molar-refractivity contribution in [3.63, 3.8) is 0 Å². The molecule has 4 rings (SSSR count). The Morgan fingerprint density at radius 2 is 1.93 bits per heavy atom. The van der Waals surface area contributed by atoms with Crippen molar-refractivity contribution in [2.75, 3.05) is 24.5 Å². The molecule has 1 atom stereocenters. The van der Waals surface area contributed by atoms with Crippen LogP contribution >= 0.6 is 0 Å². The number of hydrogen-bond donors (Lipinski definition) is 2. The fraction of sp³-hybridized carbons (Fsp3) is 0.227. The van der Waals surface area contributed by atoms with Gasteiger partial charge >= 0.3 is 0 Å². The van der Waals surface area contributed by atoms with Gasteiger partial charge < -0.3 is 15.5 Å². The van der Waals surface area contributed by atoms with Gasteiger partial charge in [-0.05, 0) is 35.4 Å². The van der Waals surface area contributed by atoms with Crippen molar-refractivity contribution in [1.82, 2.24) is 20.6 Å². The number of aromatic nitrogens is 2. The molecule has 0 aliphatic carbocycles. The van der Waals surface area contributed by atoms with Crippen molar-refractivity contribution in [1.29, 1.82) is 0 Å². The second-order valence-electron chi connectivity index (χ2n) is 6.80.